The standard InChI is InChI=1S/C6H2BClF3N2/c8-6-4(2-12)1-5(3-13-6)7(9,10)11/h1,3H/q-1. The van der Waals surface area contributed by atoms with Gasteiger partial charge in [0.15, 0.2) is 0 Å². The summed E-state index contributed by atoms with van der Waals surface area (Å²) in [6.45, 7) is -5.12. The van der Waals surface area contributed by atoms with Gasteiger partial charge in [-0.25, -0.2) is 4.98 Å². The molecule has 7 heteroatoms. The maximum Gasteiger partial charge on any atom is 0.511 e. The molecular formula is C6H2BClF3N2-. The quantitative estimate of drug-likeness (QED) is 0.516. The molecule has 0 saturated carbocycles. The number of nitrogens with zero attached hydrogens (tertiary/aromatic N) is 2. The van der Waals surface area contributed by atoms with E-state index in [2.05, 4.69) is 4.98 Å². The van der Waals surface area contributed by atoms with E-state index >= 15 is 0 Å². The maximum absolute atomic E-state index is 12.1. The normalized spacial score (nSPS) is 11.0. The first kappa shape index (κ1) is 9.87. The Bertz CT molecular complexity index is 371. The fourth-order valence-electron chi connectivity index (χ4n) is 0.722. The molecule has 0 aliphatic carbocycles. The second-order valence-electron chi connectivity index (χ2n) is 2.29. The van der Waals surface area contributed by atoms with Crippen LogP contribution in [0.25, 0.3) is 0 Å². The Morgan fingerprint density at radius 2 is 2.08 bits per heavy atom. The molecule has 2 nitrogen and oxygen atoms in total. The van der Waals surface area contributed by atoms with E-state index in [1.54, 1.807) is 0 Å². The largest absolute Gasteiger partial charge is 0.511 e. The highest BCUT2D eigenvalue weighted by atomic mass is 35.5. The van der Waals surface area contributed by atoms with Gasteiger partial charge in [0.1, 0.15) is 11.2 Å². The lowest BCUT2D eigenvalue weighted by Crippen LogP contribution is -2.34. The summed E-state index contributed by atoms with van der Waals surface area (Å²) < 4.78 is 36.3. The lowest BCUT2D eigenvalue weighted by molar-refractivity contribution is 0.500. The Morgan fingerprint density at radius 1 is 1.46 bits per heavy atom. The molecule has 0 N–H and O–H groups in total. The van der Waals surface area contributed by atoms with Gasteiger partial charge in [0, 0.05) is 6.20 Å². The van der Waals surface area contributed by atoms with Gasteiger partial charge in [-0.2, -0.15) is 5.26 Å². The molecule has 1 aromatic rings. The van der Waals surface area contributed by atoms with E-state index < -0.39 is 12.4 Å². The molecule has 0 spiro atoms. The van der Waals surface area contributed by atoms with Crippen LogP contribution in [0.15, 0.2) is 12.3 Å². The van der Waals surface area contributed by atoms with Crippen LogP contribution in [0.3, 0.4) is 0 Å². The Balaban J connectivity index is 3.24. The lowest BCUT2D eigenvalue weighted by Gasteiger charge is -2.13. The average molecular weight is 205 g/mol. The number of rotatable bonds is 1. The third kappa shape index (κ3) is 2.13. The van der Waals surface area contributed by atoms with Crippen LogP contribution in [0.4, 0.5) is 12.9 Å². The van der Waals surface area contributed by atoms with Crippen LogP contribution in [0, 0.1) is 11.3 Å². The summed E-state index contributed by atoms with van der Waals surface area (Å²) in [6.07, 6.45) is 0.614. The summed E-state index contributed by atoms with van der Waals surface area (Å²) in [4.78, 5) is 3.25. The van der Waals surface area contributed by atoms with Crippen molar-refractivity contribution in [3.8, 4) is 6.07 Å². The minimum Gasteiger partial charge on any atom is -0.445 e. The van der Waals surface area contributed by atoms with Gasteiger partial charge in [-0.1, -0.05) is 23.1 Å². The van der Waals surface area contributed by atoms with Crippen LogP contribution in [0.2, 0.25) is 5.15 Å². The fraction of sp³-hybridized carbons (Fsp3) is 0. The van der Waals surface area contributed by atoms with Crippen molar-refractivity contribution in [2.75, 3.05) is 0 Å². The zero-order valence-electron chi connectivity index (χ0n) is 6.14. The number of aromatic nitrogens is 1. The molecule has 1 heterocycles. The van der Waals surface area contributed by atoms with E-state index in [9.17, 15) is 12.9 Å². The maximum atomic E-state index is 12.1. The Morgan fingerprint density at radius 3 is 2.54 bits per heavy atom. The minimum absolute atomic E-state index is 0.216. The molecule has 0 aromatic carbocycles. The second-order valence-corrected chi connectivity index (χ2v) is 2.65. The van der Waals surface area contributed by atoms with Crippen molar-refractivity contribution in [1.82, 2.24) is 4.98 Å². The van der Waals surface area contributed by atoms with Crippen molar-refractivity contribution in [2.24, 2.45) is 0 Å². The molecule has 0 atom stereocenters. The molecule has 1 aromatic heterocycles. The first-order valence-electron chi connectivity index (χ1n) is 3.20. The number of pyridine rings is 1. The van der Waals surface area contributed by atoms with Crippen LogP contribution < -0.4 is 5.46 Å². The molecule has 68 valence electrons. The molecule has 13 heavy (non-hydrogen) atoms. The Hall–Kier alpha value is -1.22. The fourth-order valence-corrected chi connectivity index (χ4v) is 0.867. The van der Waals surface area contributed by atoms with E-state index in [0.29, 0.717) is 12.3 Å². The highest BCUT2D eigenvalue weighted by Crippen LogP contribution is 2.13. The van der Waals surface area contributed by atoms with E-state index in [0.717, 1.165) is 0 Å². The molecule has 0 radical (unpaired) electrons. The van der Waals surface area contributed by atoms with Crippen molar-refractivity contribution in [2.45, 2.75) is 0 Å². The zero-order chi connectivity index (χ0) is 10.1. The van der Waals surface area contributed by atoms with Crippen LogP contribution >= 0.6 is 11.6 Å². The number of hydrogen-bond donors (Lipinski definition) is 0. The molecule has 0 saturated heterocycles. The first-order chi connectivity index (χ1) is 5.95. The van der Waals surface area contributed by atoms with E-state index in [4.69, 9.17) is 16.9 Å². The van der Waals surface area contributed by atoms with Gasteiger partial charge in [-0.05, 0) is 0 Å². The van der Waals surface area contributed by atoms with Crippen molar-refractivity contribution in [1.29, 1.82) is 5.26 Å². The van der Waals surface area contributed by atoms with Crippen LogP contribution in [0.5, 0.6) is 0 Å². The topological polar surface area (TPSA) is 36.7 Å². The van der Waals surface area contributed by atoms with Crippen molar-refractivity contribution in [3.05, 3.63) is 23.0 Å². The van der Waals surface area contributed by atoms with Gasteiger partial charge in [-0.3, -0.25) is 0 Å². The molecule has 0 amide bonds. The number of hydrogen-bond acceptors (Lipinski definition) is 2. The van der Waals surface area contributed by atoms with Gasteiger partial charge >= 0.3 is 6.98 Å². The van der Waals surface area contributed by atoms with Gasteiger partial charge in [0.05, 0.1) is 5.56 Å². The van der Waals surface area contributed by atoms with Crippen LogP contribution in [0.1, 0.15) is 5.56 Å². The Kier molecular flexibility index (Phi) is 2.48. The highest BCUT2D eigenvalue weighted by Gasteiger charge is 2.26. The summed E-state index contributed by atoms with van der Waals surface area (Å²) in [6, 6.07) is 2.21. The monoisotopic (exact) mass is 205 g/mol. The SMILES string of the molecule is N#Cc1cc([B-](F)(F)F)cnc1Cl. The molecule has 0 bridgehead atoms. The number of halogens is 4. The van der Waals surface area contributed by atoms with Gasteiger partial charge in [0.2, 0.25) is 0 Å². The summed E-state index contributed by atoms with van der Waals surface area (Å²) >= 11 is 5.35. The van der Waals surface area contributed by atoms with E-state index in [1.807, 2.05) is 0 Å². The average Bonchev–Trinajstić information content (AvgIpc) is 2.03. The van der Waals surface area contributed by atoms with Crippen molar-refractivity contribution < 1.29 is 12.9 Å². The number of nitriles is 1. The third-order valence-corrected chi connectivity index (χ3v) is 1.66. The molecule has 0 aliphatic rings. The summed E-state index contributed by atoms with van der Waals surface area (Å²) in [7, 11) is 0. The highest BCUT2D eigenvalue weighted by molar-refractivity contribution is 6.73. The molecule has 1 rings (SSSR count). The zero-order valence-corrected chi connectivity index (χ0v) is 6.89. The van der Waals surface area contributed by atoms with E-state index in [1.165, 1.54) is 6.07 Å². The van der Waals surface area contributed by atoms with Gasteiger partial charge in [0.25, 0.3) is 0 Å². The van der Waals surface area contributed by atoms with Gasteiger partial charge < -0.3 is 12.9 Å². The smallest absolute Gasteiger partial charge is 0.445 e. The third-order valence-electron chi connectivity index (χ3n) is 1.36. The predicted octanol–water partition coefficient (Wildman–Crippen LogP) is 1.66. The van der Waals surface area contributed by atoms with Crippen LogP contribution in [-0.4, -0.2) is 12.0 Å². The minimum atomic E-state index is -5.12. The Labute approximate surface area is 77.0 Å². The molecule has 0 unspecified atom stereocenters. The molecular weight excluding hydrogens is 203 g/mol. The van der Waals surface area contributed by atoms with E-state index in [-0.39, 0.29) is 10.7 Å². The predicted molar refractivity (Wildman–Crippen MR) is 42.7 cm³/mol. The molecule has 0 fully saturated rings. The molecule has 0 aliphatic heterocycles. The van der Waals surface area contributed by atoms with Crippen molar-refractivity contribution >= 4 is 24.0 Å². The van der Waals surface area contributed by atoms with Crippen molar-refractivity contribution in [3.63, 3.8) is 0 Å². The summed E-state index contributed by atoms with van der Waals surface area (Å²) in [5.41, 5.74) is -1.18. The summed E-state index contributed by atoms with van der Waals surface area (Å²) in [5.74, 6) is 0. The first-order valence-corrected chi connectivity index (χ1v) is 3.58. The van der Waals surface area contributed by atoms with Crippen LogP contribution in [-0.2, 0) is 0 Å². The van der Waals surface area contributed by atoms with Gasteiger partial charge in [-0.15, -0.1) is 0 Å². The summed E-state index contributed by atoms with van der Waals surface area (Å²) in [5, 5.41) is 8.16. The second kappa shape index (κ2) is 3.26. The lowest BCUT2D eigenvalue weighted by atomic mass is 9.81.